The van der Waals surface area contributed by atoms with Gasteiger partial charge in [0, 0.05) is 0 Å². The summed E-state index contributed by atoms with van der Waals surface area (Å²) in [5, 5.41) is 10.4. The number of aromatic nitrogens is 2. The summed E-state index contributed by atoms with van der Waals surface area (Å²) < 4.78 is 15.8. The molecule has 1 heterocycles. The zero-order valence-corrected chi connectivity index (χ0v) is 14.6. The SMILES string of the molecule is COc1ccc(Cc2nnc(NC(=O)Cc3cccc(OC)c3)o2)cc1. The van der Waals surface area contributed by atoms with Crippen LogP contribution in [-0.2, 0) is 17.6 Å². The van der Waals surface area contributed by atoms with E-state index in [9.17, 15) is 4.79 Å². The Labute approximate surface area is 151 Å². The minimum Gasteiger partial charge on any atom is -0.497 e. The van der Waals surface area contributed by atoms with Crippen molar-refractivity contribution in [2.45, 2.75) is 12.8 Å². The van der Waals surface area contributed by atoms with Gasteiger partial charge in [0.1, 0.15) is 11.5 Å². The molecule has 0 aliphatic rings. The molecule has 0 spiro atoms. The molecular weight excluding hydrogens is 334 g/mol. The van der Waals surface area contributed by atoms with E-state index in [0.717, 1.165) is 16.9 Å². The van der Waals surface area contributed by atoms with Crippen molar-refractivity contribution in [1.29, 1.82) is 0 Å². The van der Waals surface area contributed by atoms with Gasteiger partial charge in [0.15, 0.2) is 0 Å². The van der Waals surface area contributed by atoms with Gasteiger partial charge in [-0.1, -0.05) is 29.4 Å². The van der Waals surface area contributed by atoms with Gasteiger partial charge < -0.3 is 13.9 Å². The third-order valence-corrected chi connectivity index (χ3v) is 3.73. The Kier molecular flexibility index (Phi) is 5.48. The third kappa shape index (κ3) is 4.60. The fourth-order valence-electron chi connectivity index (χ4n) is 2.42. The van der Waals surface area contributed by atoms with Crippen LogP contribution in [0, 0.1) is 0 Å². The Bertz CT molecular complexity index is 875. The molecule has 0 unspecified atom stereocenters. The van der Waals surface area contributed by atoms with E-state index in [1.807, 2.05) is 48.5 Å². The minimum absolute atomic E-state index is 0.0846. The molecule has 0 aliphatic heterocycles. The summed E-state index contributed by atoms with van der Waals surface area (Å²) in [4.78, 5) is 12.1. The number of methoxy groups -OCH3 is 2. The standard InChI is InChI=1S/C19H19N3O4/c1-24-15-8-6-13(7-9-15)12-18-21-22-19(26-18)20-17(23)11-14-4-3-5-16(10-14)25-2/h3-10H,11-12H2,1-2H3,(H,20,22,23). The minimum atomic E-state index is -0.238. The van der Waals surface area contributed by atoms with Crippen molar-refractivity contribution in [3.05, 3.63) is 65.5 Å². The number of benzene rings is 2. The van der Waals surface area contributed by atoms with Gasteiger partial charge in [-0.15, -0.1) is 5.10 Å². The first kappa shape index (κ1) is 17.5. The summed E-state index contributed by atoms with van der Waals surface area (Å²) in [6, 6.07) is 15.0. The lowest BCUT2D eigenvalue weighted by Gasteiger charge is -2.04. The number of hydrogen-bond acceptors (Lipinski definition) is 6. The van der Waals surface area contributed by atoms with Crippen LogP contribution < -0.4 is 14.8 Å². The van der Waals surface area contributed by atoms with E-state index in [0.29, 0.717) is 18.1 Å². The van der Waals surface area contributed by atoms with Gasteiger partial charge in [0.05, 0.1) is 27.1 Å². The molecule has 134 valence electrons. The van der Waals surface area contributed by atoms with Crippen molar-refractivity contribution >= 4 is 11.9 Å². The molecule has 0 saturated carbocycles. The molecule has 0 aliphatic carbocycles. The highest BCUT2D eigenvalue weighted by Gasteiger charge is 2.11. The molecular formula is C19H19N3O4. The number of ether oxygens (including phenoxy) is 2. The van der Waals surface area contributed by atoms with Crippen LogP contribution in [0.15, 0.2) is 52.9 Å². The summed E-state index contributed by atoms with van der Waals surface area (Å²) >= 11 is 0. The van der Waals surface area contributed by atoms with Crippen molar-refractivity contribution in [2.24, 2.45) is 0 Å². The molecule has 26 heavy (non-hydrogen) atoms. The maximum absolute atomic E-state index is 12.1. The van der Waals surface area contributed by atoms with E-state index >= 15 is 0 Å². The summed E-state index contributed by atoms with van der Waals surface area (Å²) in [7, 11) is 3.20. The highest BCUT2D eigenvalue weighted by Crippen LogP contribution is 2.16. The van der Waals surface area contributed by atoms with Crippen molar-refractivity contribution < 1.29 is 18.7 Å². The number of nitrogens with one attached hydrogen (secondary N) is 1. The normalized spacial score (nSPS) is 10.4. The summed E-state index contributed by atoms with van der Waals surface area (Å²) in [6.07, 6.45) is 0.663. The van der Waals surface area contributed by atoms with Gasteiger partial charge in [0.25, 0.3) is 0 Å². The molecule has 3 aromatic rings. The van der Waals surface area contributed by atoms with E-state index < -0.39 is 0 Å². The van der Waals surface area contributed by atoms with Crippen LogP contribution in [-0.4, -0.2) is 30.3 Å². The largest absolute Gasteiger partial charge is 0.497 e. The van der Waals surface area contributed by atoms with Crippen molar-refractivity contribution in [3.8, 4) is 11.5 Å². The number of amides is 1. The highest BCUT2D eigenvalue weighted by molar-refractivity contribution is 5.90. The first-order valence-electron chi connectivity index (χ1n) is 8.04. The van der Waals surface area contributed by atoms with Gasteiger partial charge >= 0.3 is 6.01 Å². The molecule has 2 aromatic carbocycles. The summed E-state index contributed by atoms with van der Waals surface area (Å²) in [5.41, 5.74) is 1.84. The van der Waals surface area contributed by atoms with Gasteiger partial charge in [-0.3, -0.25) is 10.1 Å². The molecule has 0 radical (unpaired) electrons. The molecule has 1 aromatic heterocycles. The third-order valence-electron chi connectivity index (χ3n) is 3.73. The van der Waals surface area contributed by atoms with Crippen LogP contribution in [0.25, 0.3) is 0 Å². The van der Waals surface area contributed by atoms with E-state index in [1.165, 1.54) is 0 Å². The van der Waals surface area contributed by atoms with E-state index in [-0.39, 0.29) is 18.3 Å². The fourth-order valence-corrected chi connectivity index (χ4v) is 2.42. The highest BCUT2D eigenvalue weighted by atomic mass is 16.5. The second kappa shape index (κ2) is 8.15. The van der Waals surface area contributed by atoms with E-state index in [2.05, 4.69) is 15.5 Å². The van der Waals surface area contributed by atoms with Crippen molar-refractivity contribution in [2.75, 3.05) is 19.5 Å². The number of carbonyl (C=O) groups excluding carboxylic acids is 1. The molecule has 1 amide bonds. The van der Waals surface area contributed by atoms with Crippen LogP contribution in [0.1, 0.15) is 17.0 Å². The van der Waals surface area contributed by atoms with Gasteiger partial charge in [-0.2, -0.15) is 0 Å². The second-order valence-electron chi connectivity index (χ2n) is 5.60. The van der Waals surface area contributed by atoms with Crippen molar-refractivity contribution in [3.63, 3.8) is 0 Å². The summed E-state index contributed by atoms with van der Waals surface area (Å²) in [5.74, 6) is 1.67. The molecule has 0 atom stereocenters. The Hall–Kier alpha value is -3.35. The van der Waals surface area contributed by atoms with E-state index in [4.69, 9.17) is 13.9 Å². The molecule has 3 rings (SSSR count). The number of anilines is 1. The molecule has 0 bridgehead atoms. The zero-order valence-electron chi connectivity index (χ0n) is 14.6. The fraction of sp³-hybridized carbons (Fsp3) is 0.211. The molecule has 0 saturated heterocycles. The lowest BCUT2D eigenvalue weighted by atomic mass is 10.1. The summed E-state index contributed by atoms with van der Waals surface area (Å²) in [6.45, 7) is 0. The first-order valence-corrected chi connectivity index (χ1v) is 8.04. The van der Waals surface area contributed by atoms with Crippen LogP contribution in [0.2, 0.25) is 0 Å². The number of nitrogens with zero attached hydrogens (tertiary/aromatic N) is 2. The van der Waals surface area contributed by atoms with E-state index in [1.54, 1.807) is 14.2 Å². The van der Waals surface area contributed by atoms with Crippen molar-refractivity contribution in [1.82, 2.24) is 10.2 Å². The zero-order chi connectivity index (χ0) is 18.4. The Morgan fingerprint density at radius 1 is 1.00 bits per heavy atom. The average Bonchev–Trinajstić information content (AvgIpc) is 3.09. The molecule has 1 N–H and O–H groups in total. The maximum Gasteiger partial charge on any atom is 0.322 e. The Morgan fingerprint density at radius 2 is 1.77 bits per heavy atom. The van der Waals surface area contributed by atoms with Crippen LogP contribution in [0.4, 0.5) is 6.01 Å². The predicted molar refractivity (Wildman–Crippen MR) is 95.4 cm³/mol. The predicted octanol–water partition coefficient (Wildman–Crippen LogP) is 2.86. The molecule has 7 nitrogen and oxygen atoms in total. The number of rotatable bonds is 7. The van der Waals surface area contributed by atoms with Gasteiger partial charge in [-0.05, 0) is 35.4 Å². The second-order valence-corrected chi connectivity index (χ2v) is 5.60. The monoisotopic (exact) mass is 353 g/mol. The smallest absolute Gasteiger partial charge is 0.322 e. The van der Waals surface area contributed by atoms with Gasteiger partial charge in [-0.25, -0.2) is 0 Å². The molecule has 0 fully saturated rings. The van der Waals surface area contributed by atoms with Crippen LogP contribution >= 0.6 is 0 Å². The molecule has 7 heteroatoms. The lowest BCUT2D eigenvalue weighted by Crippen LogP contribution is -2.14. The number of carbonyl (C=O) groups is 1. The topological polar surface area (TPSA) is 86.5 Å². The van der Waals surface area contributed by atoms with Gasteiger partial charge in [0.2, 0.25) is 11.8 Å². The Balaban J connectivity index is 1.57. The average molecular weight is 353 g/mol. The lowest BCUT2D eigenvalue weighted by molar-refractivity contribution is -0.115. The maximum atomic E-state index is 12.1. The first-order chi connectivity index (χ1) is 12.7. The number of hydrogen-bond donors (Lipinski definition) is 1. The van der Waals surface area contributed by atoms with Crippen LogP contribution in [0.3, 0.4) is 0 Å². The quantitative estimate of drug-likeness (QED) is 0.703. The van der Waals surface area contributed by atoms with Crippen LogP contribution in [0.5, 0.6) is 11.5 Å². The Morgan fingerprint density at radius 3 is 2.50 bits per heavy atom.